The van der Waals surface area contributed by atoms with Crippen LogP contribution in [0.25, 0.3) is 0 Å². The molecule has 0 amide bonds. The van der Waals surface area contributed by atoms with E-state index in [4.69, 9.17) is 16.3 Å². The smallest absolute Gasteiger partial charge is 0.138 e. The topological polar surface area (TPSA) is 24.5 Å². The van der Waals surface area contributed by atoms with E-state index in [0.717, 1.165) is 26.2 Å². The number of hydrogen-bond donors (Lipinski definition) is 1. The lowest BCUT2D eigenvalue weighted by atomic mass is 10.2. The second kappa shape index (κ2) is 6.36. The van der Waals surface area contributed by atoms with Gasteiger partial charge in [-0.3, -0.25) is 4.90 Å². The number of benzene rings is 1. The van der Waals surface area contributed by atoms with E-state index in [0.29, 0.717) is 23.4 Å². The molecule has 1 aromatic carbocycles. The van der Waals surface area contributed by atoms with Crippen LogP contribution in [0.1, 0.15) is 6.92 Å². The molecule has 0 saturated carbocycles. The van der Waals surface area contributed by atoms with Gasteiger partial charge >= 0.3 is 0 Å². The van der Waals surface area contributed by atoms with Gasteiger partial charge in [0, 0.05) is 32.2 Å². The maximum Gasteiger partial charge on any atom is 0.138 e. The van der Waals surface area contributed by atoms with Crippen LogP contribution in [0.5, 0.6) is 5.75 Å². The van der Waals surface area contributed by atoms with E-state index in [1.165, 1.54) is 12.1 Å². The van der Waals surface area contributed by atoms with Crippen LogP contribution >= 0.6 is 11.6 Å². The van der Waals surface area contributed by atoms with E-state index in [1.54, 1.807) is 6.07 Å². The Balaban J connectivity index is 1.81. The minimum Gasteiger partial charge on any atom is -0.491 e. The Morgan fingerprint density at radius 2 is 2.39 bits per heavy atom. The van der Waals surface area contributed by atoms with Crippen LogP contribution in [0.4, 0.5) is 4.39 Å². The van der Waals surface area contributed by atoms with Crippen molar-refractivity contribution in [3.63, 3.8) is 0 Å². The van der Waals surface area contributed by atoms with Crippen molar-refractivity contribution in [3.05, 3.63) is 29.0 Å². The summed E-state index contributed by atoms with van der Waals surface area (Å²) >= 11 is 5.89. The fraction of sp³-hybridized carbons (Fsp3) is 0.538. The molecule has 0 aliphatic carbocycles. The highest BCUT2D eigenvalue weighted by molar-refractivity contribution is 6.32. The van der Waals surface area contributed by atoms with Crippen molar-refractivity contribution in [2.45, 2.75) is 13.0 Å². The quantitative estimate of drug-likeness (QED) is 0.909. The predicted octanol–water partition coefficient (Wildman–Crippen LogP) is 2.15. The number of ether oxygens (including phenoxy) is 1. The van der Waals surface area contributed by atoms with Crippen LogP contribution in [0.3, 0.4) is 0 Å². The van der Waals surface area contributed by atoms with Crippen LogP contribution in [0.15, 0.2) is 18.2 Å². The molecule has 0 aromatic heterocycles. The summed E-state index contributed by atoms with van der Waals surface area (Å²) < 4.78 is 18.4. The van der Waals surface area contributed by atoms with Gasteiger partial charge in [-0.25, -0.2) is 4.39 Å². The highest BCUT2D eigenvalue weighted by Crippen LogP contribution is 2.24. The second-order valence-corrected chi connectivity index (χ2v) is 4.92. The maximum atomic E-state index is 12.9. The lowest BCUT2D eigenvalue weighted by Crippen LogP contribution is -2.50. The fourth-order valence-corrected chi connectivity index (χ4v) is 2.30. The molecule has 0 bridgehead atoms. The summed E-state index contributed by atoms with van der Waals surface area (Å²) in [7, 11) is 0. The Hall–Kier alpha value is -0.840. The van der Waals surface area contributed by atoms with Crippen molar-refractivity contribution < 1.29 is 9.13 Å². The largest absolute Gasteiger partial charge is 0.491 e. The Morgan fingerprint density at radius 3 is 3.11 bits per heavy atom. The average molecular weight is 273 g/mol. The van der Waals surface area contributed by atoms with Gasteiger partial charge in [0.15, 0.2) is 0 Å². The molecule has 1 aliphatic rings. The third-order valence-electron chi connectivity index (χ3n) is 3.17. The zero-order valence-electron chi connectivity index (χ0n) is 10.5. The first-order valence-corrected chi connectivity index (χ1v) is 6.57. The van der Waals surface area contributed by atoms with E-state index in [2.05, 4.69) is 17.1 Å². The number of nitrogens with one attached hydrogen (secondary N) is 1. The van der Waals surface area contributed by atoms with Crippen LogP contribution < -0.4 is 10.1 Å². The van der Waals surface area contributed by atoms with E-state index >= 15 is 0 Å². The maximum absolute atomic E-state index is 12.9. The molecule has 0 unspecified atom stereocenters. The lowest BCUT2D eigenvalue weighted by Gasteiger charge is -2.33. The molecule has 3 nitrogen and oxygen atoms in total. The molecule has 1 aliphatic heterocycles. The summed E-state index contributed by atoms with van der Waals surface area (Å²) in [5.74, 6) is 0.198. The van der Waals surface area contributed by atoms with Gasteiger partial charge in [-0.15, -0.1) is 0 Å². The number of halogens is 2. The summed E-state index contributed by atoms with van der Waals surface area (Å²) in [5, 5.41) is 3.67. The van der Waals surface area contributed by atoms with Gasteiger partial charge in [-0.2, -0.15) is 0 Å². The van der Waals surface area contributed by atoms with Crippen molar-refractivity contribution in [1.82, 2.24) is 10.2 Å². The first kappa shape index (κ1) is 13.6. The normalized spacial score (nSPS) is 20.9. The number of rotatable bonds is 4. The van der Waals surface area contributed by atoms with Crippen LogP contribution in [0, 0.1) is 5.82 Å². The monoisotopic (exact) mass is 272 g/mol. The van der Waals surface area contributed by atoms with Gasteiger partial charge in [0.05, 0.1) is 5.02 Å². The molecule has 1 aromatic rings. The van der Waals surface area contributed by atoms with E-state index < -0.39 is 0 Å². The van der Waals surface area contributed by atoms with Gasteiger partial charge < -0.3 is 10.1 Å². The molecular formula is C13H18ClFN2O. The number of hydrogen-bond acceptors (Lipinski definition) is 3. The number of piperazine rings is 1. The molecule has 0 spiro atoms. The molecule has 5 heteroatoms. The molecule has 1 N–H and O–H groups in total. The summed E-state index contributed by atoms with van der Waals surface area (Å²) in [4.78, 5) is 2.37. The fourth-order valence-electron chi connectivity index (χ4n) is 2.08. The highest BCUT2D eigenvalue weighted by Gasteiger charge is 2.17. The molecule has 1 atom stereocenters. The molecule has 100 valence electrons. The van der Waals surface area contributed by atoms with E-state index in [-0.39, 0.29) is 5.82 Å². The Kier molecular flexibility index (Phi) is 4.80. The molecular weight excluding hydrogens is 255 g/mol. The van der Waals surface area contributed by atoms with Gasteiger partial charge in [0.25, 0.3) is 0 Å². The van der Waals surface area contributed by atoms with Crippen molar-refractivity contribution in [2.75, 3.05) is 32.8 Å². The van der Waals surface area contributed by atoms with Crippen LogP contribution in [0.2, 0.25) is 5.02 Å². The number of nitrogens with zero attached hydrogens (tertiary/aromatic N) is 1. The minimum atomic E-state index is -0.344. The third-order valence-corrected chi connectivity index (χ3v) is 3.46. The Morgan fingerprint density at radius 1 is 1.56 bits per heavy atom. The zero-order valence-corrected chi connectivity index (χ0v) is 11.2. The molecule has 1 heterocycles. The predicted molar refractivity (Wildman–Crippen MR) is 70.8 cm³/mol. The van der Waals surface area contributed by atoms with Crippen molar-refractivity contribution in [1.29, 1.82) is 0 Å². The Bertz CT molecular complexity index is 403. The van der Waals surface area contributed by atoms with Crippen molar-refractivity contribution in [2.24, 2.45) is 0 Å². The van der Waals surface area contributed by atoms with Gasteiger partial charge in [0.2, 0.25) is 0 Å². The molecule has 1 fully saturated rings. The van der Waals surface area contributed by atoms with E-state index in [1.807, 2.05) is 0 Å². The molecule has 1 saturated heterocycles. The van der Waals surface area contributed by atoms with Crippen molar-refractivity contribution >= 4 is 11.6 Å². The van der Waals surface area contributed by atoms with Crippen LogP contribution in [-0.2, 0) is 0 Å². The second-order valence-electron chi connectivity index (χ2n) is 4.51. The van der Waals surface area contributed by atoms with Crippen molar-refractivity contribution in [3.8, 4) is 5.75 Å². The summed E-state index contributed by atoms with van der Waals surface area (Å²) in [5.41, 5.74) is 0. The third kappa shape index (κ3) is 3.57. The molecule has 0 radical (unpaired) electrons. The summed E-state index contributed by atoms with van der Waals surface area (Å²) in [6.45, 7) is 6.67. The first-order valence-electron chi connectivity index (χ1n) is 6.19. The van der Waals surface area contributed by atoms with Gasteiger partial charge in [-0.05, 0) is 25.1 Å². The highest BCUT2D eigenvalue weighted by atomic mass is 35.5. The lowest BCUT2D eigenvalue weighted by molar-refractivity contribution is 0.143. The molecule has 18 heavy (non-hydrogen) atoms. The van der Waals surface area contributed by atoms with Gasteiger partial charge in [-0.1, -0.05) is 11.6 Å². The van der Waals surface area contributed by atoms with E-state index in [9.17, 15) is 4.39 Å². The average Bonchev–Trinajstić information content (AvgIpc) is 2.34. The standard InChI is InChI=1S/C13H18ClFN2O/c1-10-9-16-4-5-17(10)6-7-18-13-3-2-11(15)8-12(13)14/h2-3,8,10,16H,4-7,9H2,1H3/t10-/m0/s1. The SMILES string of the molecule is C[C@H]1CNCCN1CCOc1ccc(F)cc1Cl. The van der Waals surface area contributed by atoms with Crippen LogP contribution in [-0.4, -0.2) is 43.7 Å². The minimum absolute atomic E-state index is 0.323. The molecule has 2 rings (SSSR count). The Labute approximate surface area is 112 Å². The zero-order chi connectivity index (χ0) is 13.0. The van der Waals surface area contributed by atoms with Gasteiger partial charge in [0.1, 0.15) is 18.2 Å². The summed E-state index contributed by atoms with van der Waals surface area (Å²) in [6.07, 6.45) is 0. The first-order chi connectivity index (χ1) is 8.66. The summed E-state index contributed by atoms with van der Waals surface area (Å²) in [6, 6.07) is 4.71.